The number of aromatic hydroxyl groups is 1. The number of ether oxygens (including phenoxy) is 1. The highest BCUT2D eigenvalue weighted by Gasteiger charge is 2.76. The molecule has 5 aliphatic rings. The normalized spacial score (nSPS) is 45.2. The molecule has 2 aliphatic heterocycles. The Bertz CT molecular complexity index is 849. The molecule has 138 valence electrons. The molecule has 2 N–H and O–H groups in total. The van der Waals surface area contributed by atoms with E-state index in [0.717, 1.165) is 47.5 Å². The van der Waals surface area contributed by atoms with Gasteiger partial charge in [-0.1, -0.05) is 6.07 Å². The van der Waals surface area contributed by atoms with Gasteiger partial charge in [0.15, 0.2) is 23.4 Å². The molecule has 6 rings (SSSR count). The highest BCUT2D eigenvalue weighted by molar-refractivity contribution is 5.90. The highest BCUT2D eigenvalue weighted by Crippen LogP contribution is 2.65. The van der Waals surface area contributed by atoms with E-state index < -0.39 is 17.1 Å². The van der Waals surface area contributed by atoms with Gasteiger partial charge in [-0.05, 0) is 30.9 Å². The molecule has 3 fully saturated rings. The number of ketones is 1. The van der Waals surface area contributed by atoms with Crippen LogP contribution in [0.15, 0.2) is 12.1 Å². The van der Waals surface area contributed by atoms with E-state index in [-0.39, 0.29) is 17.6 Å². The van der Waals surface area contributed by atoms with E-state index in [9.17, 15) is 15.0 Å². The maximum Gasteiger partial charge on any atom is 0.174 e. The lowest BCUT2D eigenvalue weighted by Crippen LogP contribution is -2.80. The van der Waals surface area contributed by atoms with Gasteiger partial charge in [0.1, 0.15) is 11.6 Å². The maximum absolute atomic E-state index is 12.8. The van der Waals surface area contributed by atoms with Crippen LogP contribution in [0, 0.1) is 5.92 Å². The Morgan fingerprint density at radius 3 is 2.88 bits per heavy atom. The van der Waals surface area contributed by atoms with Crippen LogP contribution in [0.25, 0.3) is 0 Å². The summed E-state index contributed by atoms with van der Waals surface area (Å²) in [6.07, 6.45) is 4.42. The summed E-state index contributed by atoms with van der Waals surface area (Å²) in [5.41, 5.74) is 0.492. The van der Waals surface area contributed by atoms with Crippen LogP contribution in [-0.2, 0) is 16.6 Å². The third-order valence-corrected chi connectivity index (χ3v) is 8.28. The summed E-state index contributed by atoms with van der Waals surface area (Å²) < 4.78 is 6.98. The van der Waals surface area contributed by atoms with Gasteiger partial charge in [0.05, 0.1) is 25.6 Å². The van der Waals surface area contributed by atoms with Crippen molar-refractivity contribution in [1.29, 1.82) is 0 Å². The van der Waals surface area contributed by atoms with Crippen LogP contribution in [0.5, 0.6) is 11.5 Å². The first kappa shape index (κ1) is 15.5. The number of carbonyl (C=O) groups is 1. The number of Topliss-reactive ketones (excluding diaryl/α,β-unsaturated/α-hetero) is 1. The number of benzene rings is 1. The minimum Gasteiger partial charge on any atom is -0.504 e. The lowest BCUT2D eigenvalue weighted by Gasteiger charge is -2.64. The Morgan fingerprint density at radius 2 is 2.12 bits per heavy atom. The van der Waals surface area contributed by atoms with Crippen molar-refractivity contribution in [2.45, 2.75) is 61.7 Å². The van der Waals surface area contributed by atoms with Gasteiger partial charge in [0.2, 0.25) is 0 Å². The first-order valence-corrected chi connectivity index (χ1v) is 10.0. The second kappa shape index (κ2) is 4.45. The summed E-state index contributed by atoms with van der Waals surface area (Å²) in [6.45, 7) is 2.09. The quantitative estimate of drug-likeness (QED) is 0.791. The van der Waals surface area contributed by atoms with Gasteiger partial charge in [-0.2, -0.15) is 0 Å². The lowest BCUT2D eigenvalue weighted by atomic mass is 9.48. The SMILES string of the molecule is C[N+]1(CC2CC2)CC[C@]23c4c5ccc(O)c4O[C@H]2C(=O)CC[C@@]3(O)C1C5. The van der Waals surface area contributed by atoms with Crippen molar-refractivity contribution in [3.8, 4) is 11.5 Å². The molecule has 3 aliphatic carbocycles. The van der Waals surface area contributed by atoms with Crippen LogP contribution in [0.2, 0.25) is 0 Å². The molecule has 2 saturated carbocycles. The van der Waals surface area contributed by atoms with E-state index >= 15 is 0 Å². The zero-order valence-corrected chi connectivity index (χ0v) is 15.2. The Balaban J connectivity index is 1.60. The van der Waals surface area contributed by atoms with Crippen molar-refractivity contribution in [1.82, 2.24) is 0 Å². The largest absolute Gasteiger partial charge is 0.504 e. The molecule has 26 heavy (non-hydrogen) atoms. The zero-order chi connectivity index (χ0) is 17.9. The Labute approximate surface area is 153 Å². The molecular formula is C21H26NO4+. The predicted octanol–water partition coefficient (Wildman–Crippen LogP) is 1.67. The number of aliphatic hydroxyl groups is 1. The number of piperidine rings is 1. The number of rotatable bonds is 2. The van der Waals surface area contributed by atoms with Crippen LogP contribution in [0.4, 0.5) is 0 Å². The van der Waals surface area contributed by atoms with Crippen LogP contribution in [0.1, 0.15) is 43.2 Å². The standard InChI is InChI=1S/C21H25NO4/c1-22(11-12-2-3-12)9-8-20-17-13-4-5-14(23)18(17)26-19(20)15(24)6-7-21(20,25)16(22)10-13/h4-5,12,16,19,25H,2-3,6-11H2,1H3/p+1/t16?,19-,20-,21+,22?/m0/s1. The summed E-state index contributed by atoms with van der Waals surface area (Å²) in [5.74, 6) is 1.42. The number of quaternary nitrogens is 1. The fraction of sp³-hybridized carbons (Fsp3) is 0.667. The molecule has 1 aromatic rings. The monoisotopic (exact) mass is 356 g/mol. The van der Waals surface area contributed by atoms with Crippen LogP contribution < -0.4 is 4.74 Å². The summed E-state index contributed by atoms with van der Waals surface area (Å²) in [5, 5.41) is 22.5. The number of hydrogen-bond acceptors (Lipinski definition) is 4. The number of phenolic OH excluding ortho intramolecular Hbond substituents is 1. The van der Waals surface area contributed by atoms with E-state index in [0.29, 0.717) is 18.6 Å². The predicted molar refractivity (Wildman–Crippen MR) is 94.1 cm³/mol. The van der Waals surface area contributed by atoms with Crippen molar-refractivity contribution < 1.29 is 24.2 Å². The average molecular weight is 356 g/mol. The molecule has 1 aromatic carbocycles. The summed E-state index contributed by atoms with van der Waals surface area (Å²) >= 11 is 0. The number of nitrogens with zero attached hydrogens (tertiary/aromatic N) is 1. The smallest absolute Gasteiger partial charge is 0.174 e. The maximum atomic E-state index is 12.8. The van der Waals surface area contributed by atoms with Gasteiger partial charge in [-0.25, -0.2) is 0 Å². The zero-order valence-electron chi connectivity index (χ0n) is 15.2. The molecule has 2 heterocycles. The third-order valence-electron chi connectivity index (χ3n) is 8.28. The summed E-state index contributed by atoms with van der Waals surface area (Å²) in [6, 6.07) is 3.77. The van der Waals surface area contributed by atoms with E-state index in [4.69, 9.17) is 4.74 Å². The molecule has 1 spiro atoms. The van der Waals surface area contributed by atoms with Gasteiger partial charge < -0.3 is 19.4 Å². The van der Waals surface area contributed by atoms with Crippen molar-refractivity contribution in [2.75, 3.05) is 20.1 Å². The number of carbonyl (C=O) groups excluding carboxylic acids is 1. The molecule has 5 nitrogen and oxygen atoms in total. The molecule has 5 heteroatoms. The molecular weight excluding hydrogens is 330 g/mol. The number of phenols is 1. The van der Waals surface area contributed by atoms with Crippen molar-refractivity contribution in [2.24, 2.45) is 5.92 Å². The third kappa shape index (κ3) is 1.55. The van der Waals surface area contributed by atoms with Gasteiger partial charge in [0.25, 0.3) is 0 Å². The van der Waals surface area contributed by atoms with Crippen LogP contribution in [0.3, 0.4) is 0 Å². The fourth-order valence-corrected chi connectivity index (χ4v) is 6.94. The molecule has 2 unspecified atom stereocenters. The second-order valence-corrected chi connectivity index (χ2v) is 9.61. The first-order valence-electron chi connectivity index (χ1n) is 10.0. The van der Waals surface area contributed by atoms with Crippen LogP contribution in [-0.4, -0.2) is 58.4 Å². The lowest BCUT2D eigenvalue weighted by molar-refractivity contribution is -0.950. The topological polar surface area (TPSA) is 66.8 Å². The summed E-state index contributed by atoms with van der Waals surface area (Å²) in [4.78, 5) is 12.8. The summed E-state index contributed by atoms with van der Waals surface area (Å²) in [7, 11) is 2.31. The molecule has 0 amide bonds. The van der Waals surface area contributed by atoms with Gasteiger partial charge in [0, 0.05) is 30.7 Å². The van der Waals surface area contributed by atoms with E-state index in [2.05, 4.69) is 7.05 Å². The number of likely N-dealkylation sites (N-methyl/N-ethyl adjacent to an activating group) is 1. The Morgan fingerprint density at radius 1 is 1.31 bits per heavy atom. The van der Waals surface area contributed by atoms with Gasteiger partial charge in [-0.15, -0.1) is 0 Å². The molecule has 0 aromatic heterocycles. The van der Waals surface area contributed by atoms with Crippen molar-refractivity contribution in [3.05, 3.63) is 23.3 Å². The van der Waals surface area contributed by atoms with Gasteiger partial charge >= 0.3 is 0 Å². The number of likely N-dealkylation sites (tertiary alicyclic amines) is 1. The molecule has 1 saturated heterocycles. The van der Waals surface area contributed by atoms with E-state index in [1.54, 1.807) is 6.07 Å². The fourth-order valence-electron chi connectivity index (χ4n) is 6.94. The second-order valence-electron chi connectivity index (χ2n) is 9.61. The van der Waals surface area contributed by atoms with Crippen LogP contribution >= 0.6 is 0 Å². The van der Waals surface area contributed by atoms with Crippen molar-refractivity contribution >= 4 is 5.78 Å². The van der Waals surface area contributed by atoms with E-state index in [1.165, 1.54) is 12.8 Å². The molecule has 2 bridgehead atoms. The van der Waals surface area contributed by atoms with Crippen molar-refractivity contribution in [3.63, 3.8) is 0 Å². The van der Waals surface area contributed by atoms with Gasteiger partial charge in [-0.3, -0.25) is 4.79 Å². The Kier molecular flexibility index (Phi) is 2.65. The minimum absolute atomic E-state index is 0.0789. The number of hydrogen-bond donors (Lipinski definition) is 2. The Hall–Kier alpha value is -1.59. The first-order chi connectivity index (χ1) is 12.4. The molecule has 5 atom stereocenters. The van der Waals surface area contributed by atoms with E-state index in [1.807, 2.05) is 6.07 Å². The minimum atomic E-state index is -0.931. The average Bonchev–Trinajstić information content (AvgIpc) is 3.32. The highest BCUT2D eigenvalue weighted by atomic mass is 16.5. The molecule has 0 radical (unpaired) electrons.